The molecule has 0 aromatic heterocycles. The summed E-state index contributed by atoms with van der Waals surface area (Å²) in [6, 6.07) is 13.7. The molecule has 0 aliphatic carbocycles. The third-order valence-corrected chi connectivity index (χ3v) is 3.53. The van der Waals surface area contributed by atoms with Crippen molar-refractivity contribution in [3.05, 3.63) is 48.5 Å². The van der Waals surface area contributed by atoms with Gasteiger partial charge in [0.05, 0.1) is 13.7 Å². The van der Waals surface area contributed by atoms with Crippen LogP contribution in [0, 0.1) is 0 Å². The van der Waals surface area contributed by atoms with Gasteiger partial charge in [0.1, 0.15) is 17.2 Å². The van der Waals surface area contributed by atoms with Crippen molar-refractivity contribution in [3.8, 4) is 17.2 Å². The molecule has 0 aliphatic rings. The maximum atomic E-state index is 12.1. The second-order valence-electron chi connectivity index (χ2n) is 5.54. The Hall–Kier alpha value is -3.22. The molecule has 0 radical (unpaired) electrons. The first-order valence-corrected chi connectivity index (χ1v) is 8.52. The number of carbonyl (C=O) groups excluding carboxylic acids is 2. The van der Waals surface area contributed by atoms with Crippen molar-refractivity contribution >= 4 is 17.6 Å². The van der Waals surface area contributed by atoms with Gasteiger partial charge in [-0.1, -0.05) is 0 Å². The van der Waals surface area contributed by atoms with Gasteiger partial charge in [-0.2, -0.15) is 0 Å². The summed E-state index contributed by atoms with van der Waals surface area (Å²) in [6.45, 7) is 3.66. The zero-order chi connectivity index (χ0) is 19.6. The van der Waals surface area contributed by atoms with Crippen molar-refractivity contribution in [2.45, 2.75) is 20.0 Å². The molecule has 0 fully saturated rings. The molecule has 0 saturated heterocycles. The minimum atomic E-state index is -0.955. The van der Waals surface area contributed by atoms with Crippen LogP contribution in [0.1, 0.15) is 13.8 Å². The van der Waals surface area contributed by atoms with E-state index >= 15 is 0 Å². The highest BCUT2D eigenvalue weighted by molar-refractivity contribution is 5.95. The normalized spacial score (nSPS) is 11.2. The Morgan fingerprint density at radius 2 is 1.48 bits per heavy atom. The van der Waals surface area contributed by atoms with Crippen LogP contribution in [0.25, 0.3) is 0 Å². The van der Waals surface area contributed by atoms with Crippen LogP contribution in [0.3, 0.4) is 0 Å². The highest BCUT2D eigenvalue weighted by Crippen LogP contribution is 2.18. The van der Waals surface area contributed by atoms with Crippen molar-refractivity contribution in [1.29, 1.82) is 0 Å². The van der Waals surface area contributed by atoms with E-state index in [-0.39, 0.29) is 6.61 Å². The summed E-state index contributed by atoms with van der Waals surface area (Å²) in [5.41, 5.74) is 0.578. The monoisotopic (exact) mass is 373 g/mol. The number of anilines is 1. The summed E-state index contributed by atoms with van der Waals surface area (Å²) in [5.74, 6) is 0.830. The van der Waals surface area contributed by atoms with Gasteiger partial charge in [-0.15, -0.1) is 0 Å². The SMILES string of the molecule is CCOc1ccc(OCC(=O)O[C@H](C)C(=O)Nc2ccc(OC)cc2)cc1. The molecule has 2 rings (SSSR count). The maximum absolute atomic E-state index is 12.1. The van der Waals surface area contributed by atoms with Gasteiger partial charge < -0.3 is 24.3 Å². The quantitative estimate of drug-likeness (QED) is 0.680. The van der Waals surface area contributed by atoms with Crippen molar-refractivity contribution < 1.29 is 28.5 Å². The van der Waals surface area contributed by atoms with Crippen LogP contribution in [0.4, 0.5) is 5.69 Å². The summed E-state index contributed by atoms with van der Waals surface area (Å²) < 4.78 is 20.8. The van der Waals surface area contributed by atoms with Gasteiger partial charge in [-0.25, -0.2) is 4.79 Å². The van der Waals surface area contributed by atoms with Crippen LogP contribution in [0.5, 0.6) is 17.2 Å². The molecule has 1 amide bonds. The van der Waals surface area contributed by atoms with Crippen LogP contribution in [-0.2, 0) is 14.3 Å². The van der Waals surface area contributed by atoms with Gasteiger partial charge in [-0.05, 0) is 62.4 Å². The lowest BCUT2D eigenvalue weighted by Gasteiger charge is -2.14. The number of methoxy groups -OCH3 is 1. The van der Waals surface area contributed by atoms with Crippen molar-refractivity contribution in [3.63, 3.8) is 0 Å². The molecule has 7 nitrogen and oxygen atoms in total. The average molecular weight is 373 g/mol. The van der Waals surface area contributed by atoms with Crippen LogP contribution in [0.15, 0.2) is 48.5 Å². The highest BCUT2D eigenvalue weighted by atomic mass is 16.6. The third-order valence-electron chi connectivity index (χ3n) is 3.53. The minimum absolute atomic E-state index is 0.297. The van der Waals surface area contributed by atoms with E-state index in [4.69, 9.17) is 18.9 Å². The van der Waals surface area contributed by atoms with E-state index in [0.29, 0.717) is 23.8 Å². The van der Waals surface area contributed by atoms with Crippen LogP contribution in [0.2, 0.25) is 0 Å². The van der Waals surface area contributed by atoms with Crippen molar-refractivity contribution in [1.82, 2.24) is 0 Å². The number of hydrogen-bond acceptors (Lipinski definition) is 6. The number of ether oxygens (including phenoxy) is 4. The van der Waals surface area contributed by atoms with E-state index in [2.05, 4.69) is 5.32 Å². The lowest BCUT2D eigenvalue weighted by atomic mass is 10.3. The van der Waals surface area contributed by atoms with E-state index in [0.717, 1.165) is 5.75 Å². The number of amides is 1. The molecular weight excluding hydrogens is 350 g/mol. The molecule has 0 aliphatic heterocycles. The van der Waals surface area contributed by atoms with Crippen molar-refractivity contribution in [2.24, 2.45) is 0 Å². The summed E-state index contributed by atoms with van der Waals surface area (Å²) in [6.07, 6.45) is -0.955. The molecule has 0 bridgehead atoms. The smallest absolute Gasteiger partial charge is 0.344 e. The lowest BCUT2D eigenvalue weighted by Crippen LogP contribution is -2.31. The molecule has 1 N–H and O–H groups in total. The largest absolute Gasteiger partial charge is 0.497 e. The van der Waals surface area contributed by atoms with Gasteiger partial charge in [0.25, 0.3) is 5.91 Å². The van der Waals surface area contributed by atoms with E-state index < -0.39 is 18.0 Å². The zero-order valence-corrected chi connectivity index (χ0v) is 15.6. The molecule has 2 aromatic rings. The lowest BCUT2D eigenvalue weighted by molar-refractivity contribution is -0.155. The minimum Gasteiger partial charge on any atom is -0.497 e. The summed E-state index contributed by atoms with van der Waals surface area (Å²) in [5, 5.41) is 2.66. The summed E-state index contributed by atoms with van der Waals surface area (Å²) >= 11 is 0. The number of carbonyl (C=O) groups is 2. The predicted molar refractivity (Wildman–Crippen MR) is 100 cm³/mol. The molecule has 7 heteroatoms. The van der Waals surface area contributed by atoms with Gasteiger partial charge in [0, 0.05) is 5.69 Å². The number of rotatable bonds is 9. The fourth-order valence-electron chi connectivity index (χ4n) is 2.14. The first kappa shape index (κ1) is 20.1. The maximum Gasteiger partial charge on any atom is 0.344 e. The van der Waals surface area contributed by atoms with Crippen LogP contribution < -0.4 is 19.5 Å². The zero-order valence-electron chi connectivity index (χ0n) is 15.6. The van der Waals surface area contributed by atoms with Gasteiger partial charge in [0.15, 0.2) is 12.7 Å². The van der Waals surface area contributed by atoms with Crippen LogP contribution in [-0.4, -0.2) is 38.3 Å². The van der Waals surface area contributed by atoms with E-state index in [1.165, 1.54) is 6.92 Å². The Bertz CT molecular complexity index is 742. The fourth-order valence-corrected chi connectivity index (χ4v) is 2.14. The second-order valence-corrected chi connectivity index (χ2v) is 5.54. The summed E-state index contributed by atoms with van der Waals surface area (Å²) in [7, 11) is 1.56. The molecular formula is C20H23NO6. The Kier molecular flexibility index (Phi) is 7.49. The first-order chi connectivity index (χ1) is 13.0. The van der Waals surface area contributed by atoms with Crippen LogP contribution >= 0.6 is 0 Å². The fraction of sp³-hybridized carbons (Fsp3) is 0.300. The standard InChI is InChI=1S/C20H23NO6/c1-4-25-17-9-11-18(12-10-17)26-13-19(22)27-14(2)20(23)21-15-5-7-16(24-3)8-6-15/h5-12,14H,4,13H2,1-3H3,(H,21,23)/t14-/m1/s1. The third kappa shape index (κ3) is 6.54. The van der Waals surface area contributed by atoms with Crippen molar-refractivity contribution in [2.75, 3.05) is 25.6 Å². The van der Waals surface area contributed by atoms with Gasteiger partial charge in [-0.3, -0.25) is 4.79 Å². The molecule has 0 unspecified atom stereocenters. The van der Waals surface area contributed by atoms with E-state index in [1.807, 2.05) is 6.92 Å². The summed E-state index contributed by atoms with van der Waals surface area (Å²) in [4.78, 5) is 24.0. The number of esters is 1. The first-order valence-electron chi connectivity index (χ1n) is 8.52. The molecule has 144 valence electrons. The molecule has 0 saturated carbocycles. The Balaban J connectivity index is 1.77. The van der Waals surface area contributed by atoms with E-state index in [9.17, 15) is 9.59 Å². The molecule has 1 atom stereocenters. The Labute approximate surface area is 158 Å². The number of hydrogen-bond donors (Lipinski definition) is 1. The predicted octanol–water partition coefficient (Wildman–Crippen LogP) is 3.04. The van der Waals surface area contributed by atoms with E-state index in [1.54, 1.807) is 55.6 Å². The molecule has 0 spiro atoms. The van der Waals surface area contributed by atoms with Gasteiger partial charge >= 0.3 is 5.97 Å². The molecule has 27 heavy (non-hydrogen) atoms. The number of nitrogens with one attached hydrogen (secondary N) is 1. The second kappa shape index (κ2) is 10.1. The molecule has 2 aromatic carbocycles. The Morgan fingerprint density at radius 3 is 2.04 bits per heavy atom. The highest BCUT2D eigenvalue weighted by Gasteiger charge is 2.18. The number of benzene rings is 2. The average Bonchev–Trinajstić information content (AvgIpc) is 2.68. The topological polar surface area (TPSA) is 83.1 Å². The van der Waals surface area contributed by atoms with Gasteiger partial charge in [0.2, 0.25) is 0 Å². The Morgan fingerprint density at radius 1 is 0.926 bits per heavy atom. The molecule has 0 heterocycles.